The number of amides is 1. The van der Waals surface area contributed by atoms with Crippen LogP contribution in [0.4, 0.5) is 5.69 Å². The molecular weight excluding hydrogens is 324 g/mol. The van der Waals surface area contributed by atoms with Crippen molar-refractivity contribution in [1.82, 2.24) is 4.90 Å². The molecule has 24 heavy (non-hydrogen) atoms. The minimum Gasteiger partial charge on any atom is -0.368 e. The second-order valence-corrected chi connectivity index (χ2v) is 6.26. The molecule has 1 saturated heterocycles. The van der Waals surface area contributed by atoms with Crippen molar-refractivity contribution in [2.75, 3.05) is 37.7 Å². The van der Waals surface area contributed by atoms with E-state index in [0.29, 0.717) is 6.61 Å². The van der Waals surface area contributed by atoms with Gasteiger partial charge in [-0.15, -0.1) is 0 Å². The lowest BCUT2D eigenvalue weighted by atomic mass is 10.2. The van der Waals surface area contributed by atoms with Crippen molar-refractivity contribution in [1.29, 1.82) is 0 Å². The van der Waals surface area contributed by atoms with Gasteiger partial charge in [-0.2, -0.15) is 0 Å². The summed E-state index contributed by atoms with van der Waals surface area (Å²) in [4.78, 5) is 16.4. The Bertz CT molecular complexity index is 653. The van der Waals surface area contributed by atoms with E-state index in [-0.39, 0.29) is 12.5 Å². The second-order valence-electron chi connectivity index (χ2n) is 5.82. The Labute approximate surface area is 147 Å². The Morgan fingerprint density at radius 3 is 2.29 bits per heavy atom. The number of anilines is 1. The van der Waals surface area contributed by atoms with Crippen LogP contribution in [0.3, 0.4) is 0 Å². The molecular formula is C19H21ClN2O2. The molecule has 0 spiro atoms. The average Bonchev–Trinajstić information content (AvgIpc) is 2.63. The predicted octanol–water partition coefficient (Wildman–Crippen LogP) is 3.21. The zero-order valence-electron chi connectivity index (χ0n) is 13.5. The molecule has 1 aliphatic heterocycles. The van der Waals surface area contributed by atoms with Gasteiger partial charge >= 0.3 is 0 Å². The van der Waals surface area contributed by atoms with Crippen LogP contribution in [-0.4, -0.2) is 43.6 Å². The van der Waals surface area contributed by atoms with Crippen molar-refractivity contribution in [3.8, 4) is 0 Å². The van der Waals surface area contributed by atoms with E-state index >= 15 is 0 Å². The molecule has 0 bridgehead atoms. The van der Waals surface area contributed by atoms with Gasteiger partial charge in [-0.3, -0.25) is 4.79 Å². The summed E-state index contributed by atoms with van der Waals surface area (Å²) in [6.07, 6.45) is 0. The zero-order chi connectivity index (χ0) is 16.8. The molecule has 1 amide bonds. The Kier molecular flexibility index (Phi) is 5.72. The van der Waals surface area contributed by atoms with Gasteiger partial charge in [0.25, 0.3) is 0 Å². The second kappa shape index (κ2) is 8.18. The van der Waals surface area contributed by atoms with Crippen LogP contribution < -0.4 is 4.90 Å². The van der Waals surface area contributed by atoms with Crippen molar-refractivity contribution in [2.45, 2.75) is 6.61 Å². The van der Waals surface area contributed by atoms with Crippen LogP contribution in [0.15, 0.2) is 54.6 Å². The van der Waals surface area contributed by atoms with Gasteiger partial charge in [0.2, 0.25) is 5.91 Å². The lowest BCUT2D eigenvalue weighted by Crippen LogP contribution is -2.49. The number of ether oxygens (including phenoxy) is 1. The summed E-state index contributed by atoms with van der Waals surface area (Å²) in [7, 11) is 0. The molecule has 0 atom stereocenters. The standard InChI is InChI=1S/C19H21ClN2O2/c20-17-6-8-18(9-7-17)21-10-12-22(13-11-21)19(23)15-24-14-16-4-2-1-3-5-16/h1-9H,10-15H2. The number of hydrogen-bond acceptors (Lipinski definition) is 3. The zero-order valence-corrected chi connectivity index (χ0v) is 14.3. The van der Waals surface area contributed by atoms with Gasteiger partial charge in [0.1, 0.15) is 6.61 Å². The van der Waals surface area contributed by atoms with E-state index in [9.17, 15) is 4.79 Å². The van der Waals surface area contributed by atoms with E-state index < -0.39 is 0 Å². The largest absolute Gasteiger partial charge is 0.368 e. The number of rotatable bonds is 5. The van der Waals surface area contributed by atoms with Crippen molar-refractivity contribution < 1.29 is 9.53 Å². The Morgan fingerprint density at radius 1 is 0.958 bits per heavy atom. The Hall–Kier alpha value is -2.04. The summed E-state index contributed by atoms with van der Waals surface area (Å²) < 4.78 is 5.54. The van der Waals surface area contributed by atoms with Gasteiger partial charge < -0.3 is 14.5 Å². The molecule has 3 rings (SSSR count). The van der Waals surface area contributed by atoms with E-state index in [1.807, 2.05) is 59.5 Å². The fourth-order valence-corrected chi connectivity index (χ4v) is 2.91. The SMILES string of the molecule is O=C(COCc1ccccc1)N1CCN(c2ccc(Cl)cc2)CC1. The Balaban J connectivity index is 1.42. The molecule has 0 aromatic heterocycles. The van der Waals surface area contributed by atoms with Crippen LogP contribution >= 0.6 is 11.6 Å². The maximum Gasteiger partial charge on any atom is 0.248 e. The quantitative estimate of drug-likeness (QED) is 0.835. The number of piperazine rings is 1. The maximum absolute atomic E-state index is 12.2. The van der Waals surface area contributed by atoms with Crippen molar-refractivity contribution in [3.05, 3.63) is 65.2 Å². The summed E-state index contributed by atoms with van der Waals surface area (Å²) >= 11 is 5.92. The first-order chi connectivity index (χ1) is 11.7. The highest BCUT2D eigenvalue weighted by molar-refractivity contribution is 6.30. The van der Waals surface area contributed by atoms with Gasteiger partial charge in [-0.05, 0) is 29.8 Å². The molecule has 126 valence electrons. The predicted molar refractivity (Wildman–Crippen MR) is 96.3 cm³/mol. The number of benzene rings is 2. The number of hydrogen-bond donors (Lipinski definition) is 0. The number of carbonyl (C=O) groups is 1. The first-order valence-electron chi connectivity index (χ1n) is 8.12. The normalized spacial score (nSPS) is 14.7. The highest BCUT2D eigenvalue weighted by Gasteiger charge is 2.21. The Morgan fingerprint density at radius 2 is 1.62 bits per heavy atom. The minimum atomic E-state index is 0.0571. The summed E-state index contributed by atoms with van der Waals surface area (Å²) in [6, 6.07) is 17.7. The van der Waals surface area contributed by atoms with E-state index in [0.717, 1.165) is 42.5 Å². The van der Waals surface area contributed by atoms with Gasteiger partial charge in [0, 0.05) is 36.9 Å². The van der Waals surface area contributed by atoms with Crippen molar-refractivity contribution in [3.63, 3.8) is 0 Å². The third-order valence-corrected chi connectivity index (χ3v) is 4.41. The molecule has 2 aromatic rings. The van der Waals surface area contributed by atoms with Gasteiger partial charge in [0.15, 0.2) is 0 Å². The minimum absolute atomic E-state index is 0.0571. The molecule has 5 heteroatoms. The van der Waals surface area contributed by atoms with Crippen LogP contribution in [0.25, 0.3) is 0 Å². The monoisotopic (exact) mass is 344 g/mol. The average molecular weight is 345 g/mol. The van der Waals surface area contributed by atoms with Crippen LogP contribution in [0.1, 0.15) is 5.56 Å². The fraction of sp³-hybridized carbons (Fsp3) is 0.316. The first-order valence-corrected chi connectivity index (χ1v) is 8.50. The third kappa shape index (κ3) is 4.49. The lowest BCUT2D eigenvalue weighted by Gasteiger charge is -2.36. The molecule has 4 nitrogen and oxygen atoms in total. The van der Waals surface area contributed by atoms with E-state index in [1.165, 1.54) is 0 Å². The third-order valence-electron chi connectivity index (χ3n) is 4.16. The molecule has 1 fully saturated rings. The fourth-order valence-electron chi connectivity index (χ4n) is 2.79. The number of carbonyl (C=O) groups excluding carboxylic acids is 1. The summed E-state index contributed by atoms with van der Waals surface area (Å²) in [5.74, 6) is 0.0571. The molecule has 0 saturated carbocycles. The molecule has 0 unspecified atom stereocenters. The van der Waals surface area contributed by atoms with E-state index in [1.54, 1.807) is 0 Å². The van der Waals surface area contributed by atoms with E-state index in [2.05, 4.69) is 4.90 Å². The van der Waals surface area contributed by atoms with Crippen molar-refractivity contribution >= 4 is 23.2 Å². The lowest BCUT2D eigenvalue weighted by molar-refractivity contribution is -0.136. The highest BCUT2D eigenvalue weighted by atomic mass is 35.5. The first kappa shape index (κ1) is 16.8. The number of halogens is 1. The van der Waals surface area contributed by atoms with Gasteiger partial charge in [0.05, 0.1) is 6.61 Å². The summed E-state index contributed by atoms with van der Waals surface area (Å²) in [5, 5.41) is 0.739. The smallest absolute Gasteiger partial charge is 0.248 e. The van der Waals surface area contributed by atoms with E-state index in [4.69, 9.17) is 16.3 Å². The molecule has 2 aromatic carbocycles. The molecule has 1 aliphatic rings. The summed E-state index contributed by atoms with van der Waals surface area (Å²) in [5.41, 5.74) is 2.23. The van der Waals surface area contributed by atoms with Crippen LogP contribution in [0, 0.1) is 0 Å². The highest BCUT2D eigenvalue weighted by Crippen LogP contribution is 2.19. The number of nitrogens with zero attached hydrogens (tertiary/aromatic N) is 2. The van der Waals surface area contributed by atoms with Crippen molar-refractivity contribution in [2.24, 2.45) is 0 Å². The van der Waals surface area contributed by atoms with Crippen LogP contribution in [-0.2, 0) is 16.1 Å². The maximum atomic E-state index is 12.2. The van der Waals surface area contributed by atoms with Crippen LogP contribution in [0.5, 0.6) is 0 Å². The molecule has 0 aliphatic carbocycles. The summed E-state index contributed by atoms with van der Waals surface area (Å²) in [6.45, 7) is 3.69. The van der Waals surface area contributed by atoms with Gasteiger partial charge in [-0.1, -0.05) is 41.9 Å². The van der Waals surface area contributed by atoms with Crippen LogP contribution in [0.2, 0.25) is 5.02 Å². The molecule has 0 N–H and O–H groups in total. The topological polar surface area (TPSA) is 32.8 Å². The van der Waals surface area contributed by atoms with Gasteiger partial charge in [-0.25, -0.2) is 0 Å². The molecule has 1 heterocycles. The molecule has 0 radical (unpaired) electrons.